The van der Waals surface area contributed by atoms with Crippen LogP contribution >= 0.6 is 0 Å². The van der Waals surface area contributed by atoms with Crippen LogP contribution < -0.4 is 10.6 Å². The van der Waals surface area contributed by atoms with Gasteiger partial charge in [-0.05, 0) is 50.3 Å². The van der Waals surface area contributed by atoms with Crippen LogP contribution in [0.5, 0.6) is 0 Å². The fourth-order valence-corrected chi connectivity index (χ4v) is 2.47. The third-order valence-electron chi connectivity index (χ3n) is 3.49. The van der Waals surface area contributed by atoms with Crippen molar-refractivity contribution in [1.29, 1.82) is 0 Å². The molecule has 2 atom stereocenters. The van der Waals surface area contributed by atoms with Gasteiger partial charge in [-0.25, -0.2) is 4.39 Å². The summed E-state index contributed by atoms with van der Waals surface area (Å²) in [4.78, 5) is 2.27. The summed E-state index contributed by atoms with van der Waals surface area (Å²) in [5.74, 6) is 0.561. The number of nitrogens with zero attached hydrogens (tertiary/aromatic N) is 1. The molecule has 1 heterocycles. The molecule has 0 bridgehead atoms. The van der Waals surface area contributed by atoms with E-state index in [9.17, 15) is 4.39 Å². The SMILES string of the molecule is CC(N)CCC1CCN(c2cccc(F)c2)C1. The normalized spacial score (nSPS) is 21.8. The predicted octanol–water partition coefficient (Wildman–Crippen LogP) is 2.78. The standard InChI is InChI=1S/C14H21FN2/c1-11(16)5-6-12-7-8-17(10-12)14-4-2-3-13(15)9-14/h2-4,9,11-12H,5-8,10,16H2,1H3. The van der Waals surface area contributed by atoms with E-state index in [2.05, 4.69) is 11.8 Å². The first-order valence-corrected chi connectivity index (χ1v) is 6.41. The van der Waals surface area contributed by atoms with E-state index >= 15 is 0 Å². The fraction of sp³-hybridized carbons (Fsp3) is 0.571. The molecule has 0 aliphatic carbocycles. The third-order valence-corrected chi connectivity index (χ3v) is 3.49. The Balaban J connectivity index is 1.89. The molecule has 17 heavy (non-hydrogen) atoms. The average Bonchev–Trinajstić information content (AvgIpc) is 2.75. The van der Waals surface area contributed by atoms with Crippen molar-refractivity contribution in [2.75, 3.05) is 18.0 Å². The molecule has 1 aromatic rings. The Hall–Kier alpha value is -1.09. The van der Waals surface area contributed by atoms with Crippen molar-refractivity contribution in [3.05, 3.63) is 30.1 Å². The van der Waals surface area contributed by atoms with Gasteiger partial charge < -0.3 is 10.6 Å². The van der Waals surface area contributed by atoms with Crippen LogP contribution in [0, 0.1) is 11.7 Å². The highest BCUT2D eigenvalue weighted by Gasteiger charge is 2.22. The molecule has 2 N–H and O–H groups in total. The summed E-state index contributed by atoms with van der Waals surface area (Å²) < 4.78 is 13.1. The van der Waals surface area contributed by atoms with Crippen LogP contribution in [0.4, 0.5) is 10.1 Å². The van der Waals surface area contributed by atoms with Gasteiger partial charge in [0, 0.05) is 24.8 Å². The van der Waals surface area contributed by atoms with Crippen LogP contribution in [-0.2, 0) is 0 Å². The lowest BCUT2D eigenvalue weighted by Crippen LogP contribution is -2.21. The number of nitrogens with two attached hydrogens (primary N) is 1. The second kappa shape index (κ2) is 5.50. The molecule has 2 rings (SSSR count). The van der Waals surface area contributed by atoms with E-state index in [0.717, 1.165) is 25.2 Å². The number of benzene rings is 1. The predicted molar refractivity (Wildman–Crippen MR) is 69.6 cm³/mol. The lowest BCUT2D eigenvalue weighted by atomic mass is 10.0. The summed E-state index contributed by atoms with van der Waals surface area (Å²) in [5.41, 5.74) is 6.78. The van der Waals surface area contributed by atoms with Crippen LogP contribution in [0.2, 0.25) is 0 Å². The van der Waals surface area contributed by atoms with Gasteiger partial charge in [-0.15, -0.1) is 0 Å². The maximum absolute atomic E-state index is 13.1. The molecule has 3 heteroatoms. The van der Waals surface area contributed by atoms with E-state index in [0.29, 0.717) is 12.0 Å². The van der Waals surface area contributed by atoms with Crippen LogP contribution in [-0.4, -0.2) is 19.1 Å². The molecule has 1 saturated heterocycles. The van der Waals surface area contributed by atoms with Crippen molar-refractivity contribution >= 4 is 5.69 Å². The van der Waals surface area contributed by atoms with Gasteiger partial charge in [0.05, 0.1) is 0 Å². The highest BCUT2D eigenvalue weighted by atomic mass is 19.1. The second-order valence-electron chi connectivity index (χ2n) is 5.14. The van der Waals surface area contributed by atoms with Crippen LogP contribution in [0.15, 0.2) is 24.3 Å². The largest absolute Gasteiger partial charge is 0.371 e. The summed E-state index contributed by atoms with van der Waals surface area (Å²) in [6, 6.07) is 7.16. The highest BCUT2D eigenvalue weighted by molar-refractivity contribution is 5.47. The van der Waals surface area contributed by atoms with Gasteiger partial charge in [0.25, 0.3) is 0 Å². The van der Waals surface area contributed by atoms with Crippen LogP contribution in [0.1, 0.15) is 26.2 Å². The fourth-order valence-electron chi connectivity index (χ4n) is 2.47. The van der Waals surface area contributed by atoms with Crippen molar-refractivity contribution < 1.29 is 4.39 Å². The van der Waals surface area contributed by atoms with Gasteiger partial charge in [-0.3, -0.25) is 0 Å². The van der Waals surface area contributed by atoms with Crippen LogP contribution in [0.3, 0.4) is 0 Å². The Labute approximate surface area is 103 Å². The molecule has 94 valence electrons. The van der Waals surface area contributed by atoms with E-state index in [-0.39, 0.29) is 5.82 Å². The van der Waals surface area contributed by atoms with Crippen LogP contribution in [0.25, 0.3) is 0 Å². The monoisotopic (exact) mass is 236 g/mol. The molecule has 0 radical (unpaired) electrons. The first kappa shape index (κ1) is 12.4. The molecular formula is C14H21FN2. The van der Waals surface area contributed by atoms with Crippen molar-refractivity contribution in [1.82, 2.24) is 0 Å². The Morgan fingerprint density at radius 3 is 3.06 bits per heavy atom. The maximum atomic E-state index is 13.1. The zero-order chi connectivity index (χ0) is 12.3. The molecule has 0 aromatic heterocycles. The minimum absolute atomic E-state index is 0.151. The first-order valence-electron chi connectivity index (χ1n) is 6.41. The summed E-state index contributed by atoms with van der Waals surface area (Å²) >= 11 is 0. The van der Waals surface area contributed by atoms with Gasteiger partial charge in [0.15, 0.2) is 0 Å². The van der Waals surface area contributed by atoms with Crippen molar-refractivity contribution in [2.45, 2.75) is 32.2 Å². The highest BCUT2D eigenvalue weighted by Crippen LogP contribution is 2.27. The quantitative estimate of drug-likeness (QED) is 0.871. The number of hydrogen-bond donors (Lipinski definition) is 1. The third kappa shape index (κ3) is 3.43. The van der Waals surface area contributed by atoms with Gasteiger partial charge >= 0.3 is 0 Å². The Morgan fingerprint density at radius 2 is 2.35 bits per heavy atom. The molecule has 1 aliphatic rings. The average molecular weight is 236 g/mol. The summed E-state index contributed by atoms with van der Waals surface area (Å²) in [6.45, 7) is 4.13. The van der Waals surface area contributed by atoms with Crippen molar-refractivity contribution in [2.24, 2.45) is 11.7 Å². The molecule has 2 nitrogen and oxygen atoms in total. The van der Waals surface area contributed by atoms with E-state index in [4.69, 9.17) is 5.73 Å². The zero-order valence-electron chi connectivity index (χ0n) is 10.4. The van der Waals surface area contributed by atoms with E-state index in [1.54, 1.807) is 12.1 Å². The minimum Gasteiger partial charge on any atom is -0.371 e. The molecule has 0 amide bonds. The summed E-state index contributed by atoms with van der Waals surface area (Å²) in [5, 5.41) is 0. The number of hydrogen-bond acceptors (Lipinski definition) is 2. The Bertz CT molecular complexity index is 365. The zero-order valence-corrected chi connectivity index (χ0v) is 10.4. The van der Waals surface area contributed by atoms with Crippen molar-refractivity contribution in [3.8, 4) is 0 Å². The Kier molecular flexibility index (Phi) is 4.00. The number of halogens is 1. The molecule has 0 spiro atoms. The molecule has 1 fully saturated rings. The number of rotatable bonds is 4. The van der Waals surface area contributed by atoms with E-state index in [1.165, 1.54) is 18.9 Å². The first-order chi connectivity index (χ1) is 8.15. The number of anilines is 1. The van der Waals surface area contributed by atoms with Crippen molar-refractivity contribution in [3.63, 3.8) is 0 Å². The topological polar surface area (TPSA) is 29.3 Å². The maximum Gasteiger partial charge on any atom is 0.125 e. The molecule has 0 saturated carbocycles. The second-order valence-corrected chi connectivity index (χ2v) is 5.14. The molecule has 1 aromatic carbocycles. The van der Waals surface area contributed by atoms with Gasteiger partial charge in [-0.2, -0.15) is 0 Å². The molecule has 2 unspecified atom stereocenters. The van der Waals surface area contributed by atoms with Gasteiger partial charge in [0.2, 0.25) is 0 Å². The molecule has 1 aliphatic heterocycles. The summed E-state index contributed by atoms with van der Waals surface area (Å²) in [6.07, 6.45) is 3.47. The lowest BCUT2D eigenvalue weighted by molar-refractivity contribution is 0.483. The molecular weight excluding hydrogens is 215 g/mol. The lowest BCUT2D eigenvalue weighted by Gasteiger charge is -2.19. The Morgan fingerprint density at radius 1 is 1.53 bits per heavy atom. The summed E-state index contributed by atoms with van der Waals surface area (Å²) in [7, 11) is 0. The minimum atomic E-state index is -0.151. The van der Waals surface area contributed by atoms with Gasteiger partial charge in [0.1, 0.15) is 5.82 Å². The van der Waals surface area contributed by atoms with E-state index < -0.39 is 0 Å². The smallest absolute Gasteiger partial charge is 0.125 e. The van der Waals surface area contributed by atoms with E-state index in [1.807, 2.05) is 6.07 Å². The van der Waals surface area contributed by atoms with Gasteiger partial charge in [-0.1, -0.05) is 6.07 Å².